The molecule has 2 rings (SSSR count). The van der Waals surface area contributed by atoms with Crippen molar-refractivity contribution in [3.05, 3.63) is 28.5 Å². The first-order valence-electron chi connectivity index (χ1n) is 6.45. The van der Waals surface area contributed by atoms with Crippen molar-refractivity contribution in [3.63, 3.8) is 0 Å². The van der Waals surface area contributed by atoms with E-state index in [1.807, 2.05) is 0 Å². The van der Waals surface area contributed by atoms with Crippen LogP contribution in [0.2, 0.25) is 0 Å². The summed E-state index contributed by atoms with van der Waals surface area (Å²) in [6.45, 7) is 0. The van der Waals surface area contributed by atoms with Gasteiger partial charge in [0.15, 0.2) is 0 Å². The van der Waals surface area contributed by atoms with Gasteiger partial charge in [-0.05, 0) is 42.2 Å². The third-order valence-electron chi connectivity index (χ3n) is 3.33. The molecular formula is C14H15BrFNO3S. The molecule has 2 N–H and O–H groups in total. The summed E-state index contributed by atoms with van der Waals surface area (Å²) in [7, 11) is 0. The Kier molecular flexibility index (Phi) is 5.27. The maximum Gasteiger partial charge on any atom is 0.303 e. The highest BCUT2D eigenvalue weighted by Crippen LogP contribution is 2.50. The third-order valence-corrected chi connectivity index (χ3v) is 5.11. The number of carbonyl (C=O) groups is 2. The van der Waals surface area contributed by atoms with E-state index in [4.69, 9.17) is 5.11 Å². The van der Waals surface area contributed by atoms with Gasteiger partial charge in [0.25, 0.3) is 0 Å². The highest BCUT2D eigenvalue weighted by Gasteiger charge is 2.44. The molecule has 7 heteroatoms. The van der Waals surface area contributed by atoms with Gasteiger partial charge in [-0.25, -0.2) is 4.39 Å². The van der Waals surface area contributed by atoms with Gasteiger partial charge in [-0.2, -0.15) is 11.8 Å². The number of benzene rings is 1. The van der Waals surface area contributed by atoms with Crippen LogP contribution < -0.4 is 5.32 Å². The highest BCUT2D eigenvalue weighted by atomic mass is 79.9. The van der Waals surface area contributed by atoms with Crippen molar-refractivity contribution in [1.82, 2.24) is 0 Å². The fourth-order valence-electron chi connectivity index (χ4n) is 2.01. The van der Waals surface area contributed by atoms with Crippen LogP contribution in [0.3, 0.4) is 0 Å². The number of thioether (sulfide) groups is 1. The second-order valence-corrected chi connectivity index (χ2v) is 7.14. The molecule has 1 amide bonds. The number of carbonyl (C=O) groups excluding carboxylic acids is 1. The van der Waals surface area contributed by atoms with Gasteiger partial charge in [0, 0.05) is 4.47 Å². The normalized spacial score (nSPS) is 15.5. The summed E-state index contributed by atoms with van der Waals surface area (Å²) in [6.07, 6.45) is 1.95. The lowest BCUT2D eigenvalue weighted by Gasteiger charge is -2.12. The number of carboxylic acid groups (broad SMARTS) is 1. The van der Waals surface area contributed by atoms with Crippen LogP contribution in [-0.4, -0.2) is 28.5 Å². The monoisotopic (exact) mass is 375 g/mol. The molecule has 1 saturated carbocycles. The second kappa shape index (κ2) is 6.79. The van der Waals surface area contributed by atoms with Crippen molar-refractivity contribution in [2.75, 3.05) is 16.8 Å². The van der Waals surface area contributed by atoms with E-state index < -0.39 is 11.8 Å². The van der Waals surface area contributed by atoms with Crippen LogP contribution >= 0.6 is 27.7 Å². The predicted molar refractivity (Wildman–Crippen MR) is 84.0 cm³/mol. The number of anilines is 1. The van der Waals surface area contributed by atoms with Gasteiger partial charge in [0.05, 0.1) is 17.9 Å². The average Bonchev–Trinajstić information content (AvgIpc) is 3.11. The number of rotatable bonds is 7. The topological polar surface area (TPSA) is 66.4 Å². The lowest BCUT2D eigenvalue weighted by atomic mass is 10.1. The minimum atomic E-state index is -0.797. The molecule has 0 unspecified atom stereocenters. The molecule has 0 aliphatic heterocycles. The van der Waals surface area contributed by atoms with Gasteiger partial charge in [-0.3, -0.25) is 9.59 Å². The largest absolute Gasteiger partial charge is 0.481 e. The van der Waals surface area contributed by atoms with Crippen LogP contribution in [0.4, 0.5) is 10.1 Å². The Morgan fingerprint density at radius 2 is 2.14 bits per heavy atom. The van der Waals surface area contributed by atoms with Crippen molar-refractivity contribution in [1.29, 1.82) is 0 Å². The minimum absolute atomic E-state index is 0.139. The van der Waals surface area contributed by atoms with E-state index in [1.165, 1.54) is 23.9 Å². The first-order chi connectivity index (χ1) is 9.90. The van der Waals surface area contributed by atoms with Crippen LogP contribution in [0, 0.1) is 11.2 Å². The summed E-state index contributed by atoms with van der Waals surface area (Å²) >= 11 is 4.54. The Labute approximate surface area is 134 Å². The molecule has 0 bridgehead atoms. The zero-order valence-electron chi connectivity index (χ0n) is 11.2. The van der Waals surface area contributed by atoms with Crippen LogP contribution in [0.25, 0.3) is 0 Å². The smallest absolute Gasteiger partial charge is 0.303 e. The van der Waals surface area contributed by atoms with Gasteiger partial charge in [-0.1, -0.05) is 15.9 Å². The standard InChI is InChI=1S/C14H15BrFNO3S/c15-9-1-2-11(10(16)5-9)17-12(18)7-21-8-14(3-4-14)6-13(19)20/h1-2,5H,3-4,6-8H2,(H,17,18)(H,19,20). The van der Waals surface area contributed by atoms with Crippen LogP contribution in [0.15, 0.2) is 22.7 Å². The van der Waals surface area contributed by atoms with Crippen molar-refractivity contribution in [3.8, 4) is 0 Å². The number of halogens is 2. The van der Waals surface area contributed by atoms with E-state index in [1.54, 1.807) is 6.07 Å². The molecule has 0 saturated heterocycles. The number of amides is 1. The highest BCUT2D eigenvalue weighted by molar-refractivity contribution is 9.10. The molecule has 0 spiro atoms. The molecule has 0 aromatic heterocycles. The summed E-state index contributed by atoms with van der Waals surface area (Å²) in [4.78, 5) is 22.5. The Bertz CT molecular complexity index is 563. The predicted octanol–water partition coefficient (Wildman–Crippen LogP) is 3.51. The minimum Gasteiger partial charge on any atom is -0.481 e. The van der Waals surface area contributed by atoms with E-state index in [0.717, 1.165) is 12.8 Å². The molecular weight excluding hydrogens is 361 g/mol. The fourth-order valence-corrected chi connectivity index (χ4v) is 3.52. The van der Waals surface area contributed by atoms with E-state index in [2.05, 4.69) is 21.2 Å². The Hall–Kier alpha value is -1.08. The number of hydrogen-bond acceptors (Lipinski definition) is 3. The lowest BCUT2D eigenvalue weighted by molar-refractivity contribution is -0.138. The van der Waals surface area contributed by atoms with Gasteiger partial charge in [-0.15, -0.1) is 0 Å². The summed E-state index contributed by atoms with van der Waals surface area (Å²) in [5, 5.41) is 11.3. The first-order valence-corrected chi connectivity index (χ1v) is 8.39. The molecule has 0 atom stereocenters. The lowest BCUT2D eigenvalue weighted by Crippen LogP contribution is -2.17. The summed E-state index contributed by atoms with van der Waals surface area (Å²) in [6, 6.07) is 4.43. The SMILES string of the molecule is O=C(O)CC1(CSCC(=O)Nc2ccc(Br)cc2F)CC1. The molecule has 21 heavy (non-hydrogen) atoms. The van der Waals surface area contributed by atoms with Gasteiger partial charge in [0.2, 0.25) is 5.91 Å². The Balaban J connectivity index is 1.76. The molecule has 0 radical (unpaired) electrons. The van der Waals surface area contributed by atoms with Gasteiger partial charge in [0.1, 0.15) is 5.82 Å². The van der Waals surface area contributed by atoms with E-state index in [9.17, 15) is 14.0 Å². The summed E-state index contributed by atoms with van der Waals surface area (Å²) in [5.41, 5.74) is 0.00934. The van der Waals surface area contributed by atoms with Crippen molar-refractivity contribution in [2.24, 2.45) is 5.41 Å². The van der Waals surface area contributed by atoms with Crippen molar-refractivity contribution < 1.29 is 19.1 Å². The van der Waals surface area contributed by atoms with Crippen LogP contribution in [0.1, 0.15) is 19.3 Å². The molecule has 1 aromatic rings. The third kappa shape index (κ3) is 5.00. The second-order valence-electron chi connectivity index (χ2n) is 5.24. The molecule has 1 fully saturated rings. The van der Waals surface area contributed by atoms with E-state index >= 15 is 0 Å². The molecule has 114 valence electrons. The fraction of sp³-hybridized carbons (Fsp3) is 0.429. The molecule has 4 nitrogen and oxygen atoms in total. The molecule has 1 aliphatic carbocycles. The van der Waals surface area contributed by atoms with Crippen molar-refractivity contribution >= 4 is 45.3 Å². The molecule has 1 aliphatic rings. The zero-order chi connectivity index (χ0) is 15.5. The zero-order valence-corrected chi connectivity index (χ0v) is 13.6. The van der Waals surface area contributed by atoms with Crippen LogP contribution in [0.5, 0.6) is 0 Å². The van der Waals surface area contributed by atoms with Crippen LogP contribution in [-0.2, 0) is 9.59 Å². The van der Waals surface area contributed by atoms with Gasteiger partial charge < -0.3 is 10.4 Å². The molecule has 1 aromatic carbocycles. The summed E-state index contributed by atoms with van der Waals surface area (Å²) < 4.78 is 14.2. The number of hydrogen-bond donors (Lipinski definition) is 2. The van der Waals surface area contributed by atoms with E-state index in [0.29, 0.717) is 10.2 Å². The first kappa shape index (κ1) is 16.3. The maximum absolute atomic E-state index is 13.6. The quantitative estimate of drug-likeness (QED) is 0.764. The van der Waals surface area contributed by atoms with Crippen molar-refractivity contribution in [2.45, 2.75) is 19.3 Å². The Morgan fingerprint density at radius 1 is 1.43 bits per heavy atom. The molecule has 0 heterocycles. The Morgan fingerprint density at radius 3 is 2.71 bits per heavy atom. The summed E-state index contributed by atoms with van der Waals surface area (Å²) in [5.74, 6) is -0.735. The average molecular weight is 376 g/mol. The maximum atomic E-state index is 13.6. The number of aliphatic carboxylic acids is 1. The van der Waals surface area contributed by atoms with E-state index in [-0.39, 0.29) is 29.2 Å². The van der Waals surface area contributed by atoms with Gasteiger partial charge >= 0.3 is 5.97 Å². The number of carboxylic acids is 1. The number of nitrogens with one attached hydrogen (secondary N) is 1.